The van der Waals surface area contributed by atoms with Crippen LogP contribution >= 0.6 is 0 Å². The number of amides is 1. The van der Waals surface area contributed by atoms with E-state index >= 15 is 0 Å². The van der Waals surface area contributed by atoms with Crippen LogP contribution in [0.1, 0.15) is 22.7 Å². The van der Waals surface area contributed by atoms with Crippen LogP contribution in [0.15, 0.2) is 11.2 Å². The van der Waals surface area contributed by atoms with Gasteiger partial charge in [-0.2, -0.15) is 4.99 Å². The minimum atomic E-state index is -0.619. The van der Waals surface area contributed by atoms with E-state index in [-0.39, 0.29) is 24.5 Å². The molecule has 1 heterocycles. The van der Waals surface area contributed by atoms with Crippen molar-refractivity contribution in [3.05, 3.63) is 17.7 Å². The highest BCUT2D eigenvalue weighted by molar-refractivity contribution is 5.99. The van der Waals surface area contributed by atoms with Gasteiger partial charge in [-0.15, -0.1) is 0 Å². The third-order valence-electron chi connectivity index (χ3n) is 2.33. The molecule has 6 N–H and O–H groups in total. The number of methoxy groups -OCH3 is 1. The van der Waals surface area contributed by atoms with Crippen LogP contribution in [0, 0.1) is 0 Å². The van der Waals surface area contributed by atoms with Gasteiger partial charge in [0.15, 0.2) is 11.8 Å². The Kier molecular flexibility index (Phi) is 5.28. The van der Waals surface area contributed by atoms with Crippen molar-refractivity contribution in [3.63, 3.8) is 0 Å². The number of carbonyl (C=O) groups excluding carboxylic acids is 1. The van der Waals surface area contributed by atoms with Crippen molar-refractivity contribution < 1.29 is 14.6 Å². The third-order valence-corrected chi connectivity index (χ3v) is 2.33. The number of aliphatic hydroxyl groups excluding tert-OH is 1. The van der Waals surface area contributed by atoms with Gasteiger partial charge in [0.05, 0.1) is 12.7 Å². The molecule has 1 amide bonds. The van der Waals surface area contributed by atoms with Crippen molar-refractivity contribution in [1.29, 1.82) is 0 Å². The molecule has 0 spiro atoms. The summed E-state index contributed by atoms with van der Waals surface area (Å²) in [6, 6.07) is 0. The summed E-state index contributed by atoms with van der Waals surface area (Å²) in [7, 11) is 1.53. The molecule has 1 rings (SSSR count). The Morgan fingerprint density at radius 1 is 1.67 bits per heavy atom. The molecular formula is C10H17N5O3. The first-order valence-corrected chi connectivity index (χ1v) is 5.38. The zero-order valence-corrected chi connectivity index (χ0v) is 10.1. The summed E-state index contributed by atoms with van der Waals surface area (Å²) >= 11 is 0. The van der Waals surface area contributed by atoms with Crippen molar-refractivity contribution in [2.24, 2.45) is 16.5 Å². The molecule has 1 aromatic rings. The van der Waals surface area contributed by atoms with Crippen molar-refractivity contribution >= 4 is 11.9 Å². The van der Waals surface area contributed by atoms with Gasteiger partial charge in [-0.05, 0) is 12.8 Å². The van der Waals surface area contributed by atoms with Gasteiger partial charge in [-0.1, -0.05) is 0 Å². The molecule has 18 heavy (non-hydrogen) atoms. The van der Waals surface area contributed by atoms with Crippen molar-refractivity contribution in [2.45, 2.75) is 18.9 Å². The number of imidazole rings is 1. The van der Waals surface area contributed by atoms with E-state index in [1.807, 2.05) is 0 Å². The fraction of sp³-hybridized carbons (Fsp3) is 0.500. The summed E-state index contributed by atoms with van der Waals surface area (Å²) in [5, 5.41) is 8.95. The van der Waals surface area contributed by atoms with Gasteiger partial charge in [0, 0.05) is 19.0 Å². The highest BCUT2D eigenvalue weighted by atomic mass is 16.5. The second-order valence-electron chi connectivity index (χ2n) is 3.68. The normalized spacial score (nSPS) is 12.1. The standard InChI is InChI=1S/C10H17N5O3/c1-18-7(5-16)3-2-6-4-13-8(14-6)9(17)15-10(11)12/h4,7,16H,2-3,5H2,1H3,(H,13,14)(H4,11,12,15,17)/t7-/m0/s1. The molecule has 8 nitrogen and oxygen atoms in total. The van der Waals surface area contributed by atoms with E-state index in [2.05, 4.69) is 15.0 Å². The fourth-order valence-corrected chi connectivity index (χ4v) is 1.37. The smallest absolute Gasteiger partial charge is 0.315 e. The number of H-pyrrole nitrogens is 1. The highest BCUT2D eigenvalue weighted by Crippen LogP contribution is 2.06. The minimum Gasteiger partial charge on any atom is -0.394 e. The average Bonchev–Trinajstić information content (AvgIpc) is 2.78. The molecule has 0 aliphatic rings. The lowest BCUT2D eigenvalue weighted by Crippen LogP contribution is -2.24. The third kappa shape index (κ3) is 4.15. The number of nitrogens with one attached hydrogen (secondary N) is 1. The number of nitrogens with two attached hydrogens (primary N) is 2. The number of nitrogens with zero attached hydrogens (tertiary/aromatic N) is 2. The number of carbonyl (C=O) groups is 1. The van der Waals surface area contributed by atoms with Crippen LogP contribution in [0.25, 0.3) is 0 Å². The molecular weight excluding hydrogens is 238 g/mol. The second-order valence-corrected chi connectivity index (χ2v) is 3.68. The summed E-state index contributed by atoms with van der Waals surface area (Å²) in [5.74, 6) is -0.847. The molecule has 0 saturated heterocycles. The van der Waals surface area contributed by atoms with Crippen LogP contribution in [-0.2, 0) is 11.2 Å². The number of aryl methyl sites for hydroxylation is 1. The fourth-order valence-electron chi connectivity index (χ4n) is 1.37. The SMILES string of the molecule is CO[C@H](CO)CCc1cnc(C(=O)N=C(N)N)[nH]1. The lowest BCUT2D eigenvalue weighted by molar-refractivity contribution is 0.0434. The summed E-state index contributed by atoms with van der Waals surface area (Å²) < 4.78 is 5.02. The predicted molar refractivity (Wildman–Crippen MR) is 64.9 cm³/mol. The zero-order valence-electron chi connectivity index (χ0n) is 10.1. The molecule has 0 fully saturated rings. The van der Waals surface area contributed by atoms with Gasteiger partial charge in [0.2, 0.25) is 0 Å². The second kappa shape index (κ2) is 6.72. The molecule has 8 heteroatoms. The molecule has 0 saturated carbocycles. The van der Waals surface area contributed by atoms with E-state index in [0.717, 1.165) is 5.69 Å². The Morgan fingerprint density at radius 2 is 2.39 bits per heavy atom. The number of guanidine groups is 1. The van der Waals surface area contributed by atoms with Crippen LogP contribution in [0.2, 0.25) is 0 Å². The Balaban J connectivity index is 2.58. The molecule has 1 atom stereocenters. The van der Waals surface area contributed by atoms with Crippen molar-refractivity contribution in [1.82, 2.24) is 9.97 Å². The molecule has 0 bridgehead atoms. The summed E-state index contributed by atoms with van der Waals surface area (Å²) in [5.41, 5.74) is 10.9. The lowest BCUT2D eigenvalue weighted by atomic mass is 10.2. The number of ether oxygens (including phenoxy) is 1. The molecule has 100 valence electrons. The topological polar surface area (TPSA) is 140 Å². The molecule has 1 aromatic heterocycles. The molecule has 0 radical (unpaired) electrons. The monoisotopic (exact) mass is 255 g/mol. The maximum absolute atomic E-state index is 11.4. The van der Waals surface area contributed by atoms with Gasteiger partial charge in [0.1, 0.15) is 0 Å². The predicted octanol–water partition coefficient (Wildman–Crippen LogP) is -1.24. The van der Waals surface area contributed by atoms with Gasteiger partial charge < -0.3 is 26.3 Å². The molecule has 0 aliphatic heterocycles. The Hall–Kier alpha value is -1.93. The summed E-state index contributed by atoms with van der Waals surface area (Å²) in [6.45, 7) is -0.0512. The van der Waals surface area contributed by atoms with Crippen LogP contribution in [-0.4, -0.2) is 46.8 Å². The first-order chi connectivity index (χ1) is 8.56. The lowest BCUT2D eigenvalue weighted by Gasteiger charge is -2.10. The van der Waals surface area contributed by atoms with Gasteiger partial charge in [-0.25, -0.2) is 4.98 Å². The van der Waals surface area contributed by atoms with E-state index in [0.29, 0.717) is 12.8 Å². The number of rotatable bonds is 6. The average molecular weight is 255 g/mol. The maximum atomic E-state index is 11.4. The zero-order chi connectivity index (χ0) is 13.5. The number of aromatic amines is 1. The van der Waals surface area contributed by atoms with Crippen LogP contribution in [0.3, 0.4) is 0 Å². The number of hydrogen-bond acceptors (Lipinski definition) is 4. The van der Waals surface area contributed by atoms with E-state index in [9.17, 15) is 4.79 Å². The minimum absolute atomic E-state index is 0.0512. The van der Waals surface area contributed by atoms with E-state index < -0.39 is 5.91 Å². The van der Waals surface area contributed by atoms with E-state index in [1.165, 1.54) is 13.3 Å². The Labute approximate surface area is 104 Å². The van der Waals surface area contributed by atoms with Crippen LogP contribution in [0.5, 0.6) is 0 Å². The first-order valence-electron chi connectivity index (χ1n) is 5.38. The number of aliphatic imine (C=N–C) groups is 1. The highest BCUT2D eigenvalue weighted by Gasteiger charge is 2.11. The Morgan fingerprint density at radius 3 is 2.94 bits per heavy atom. The summed E-state index contributed by atoms with van der Waals surface area (Å²) in [4.78, 5) is 21.5. The maximum Gasteiger partial charge on any atom is 0.315 e. The first kappa shape index (κ1) is 14.1. The van der Waals surface area contributed by atoms with Gasteiger partial charge in [-0.3, -0.25) is 4.79 Å². The van der Waals surface area contributed by atoms with Crippen molar-refractivity contribution in [2.75, 3.05) is 13.7 Å². The van der Waals surface area contributed by atoms with E-state index in [4.69, 9.17) is 21.3 Å². The number of aromatic nitrogens is 2. The van der Waals surface area contributed by atoms with Gasteiger partial charge in [0.25, 0.3) is 0 Å². The Bertz CT molecular complexity index is 421. The molecule has 0 aromatic carbocycles. The summed E-state index contributed by atoms with van der Waals surface area (Å²) in [6.07, 6.45) is 2.51. The molecule has 0 unspecified atom stereocenters. The van der Waals surface area contributed by atoms with Crippen LogP contribution < -0.4 is 11.5 Å². The quantitative estimate of drug-likeness (QED) is 0.370. The van der Waals surface area contributed by atoms with Crippen LogP contribution in [0.4, 0.5) is 0 Å². The van der Waals surface area contributed by atoms with Crippen molar-refractivity contribution in [3.8, 4) is 0 Å². The molecule has 0 aliphatic carbocycles. The number of aliphatic hydroxyl groups is 1. The largest absolute Gasteiger partial charge is 0.394 e. The number of hydrogen-bond donors (Lipinski definition) is 4. The van der Waals surface area contributed by atoms with E-state index in [1.54, 1.807) is 0 Å². The van der Waals surface area contributed by atoms with Gasteiger partial charge >= 0.3 is 5.91 Å².